The van der Waals surface area contributed by atoms with Gasteiger partial charge in [-0.2, -0.15) is 0 Å². The zero-order chi connectivity index (χ0) is 37.2. The van der Waals surface area contributed by atoms with Crippen LogP contribution in [0.15, 0.2) is 87.2 Å². The fraction of sp³-hybridized carbons (Fsp3) is 0.273. The molecule has 0 aliphatic heterocycles. The monoisotopic (exact) mass is 711 g/mol. The summed E-state index contributed by atoms with van der Waals surface area (Å²) in [5, 5.41) is 60.0. The second-order valence-electron chi connectivity index (χ2n) is 11.1. The van der Waals surface area contributed by atoms with Crippen LogP contribution in [0.4, 0.5) is 0 Å². The van der Waals surface area contributed by atoms with Gasteiger partial charge in [-0.05, 0) is 72.8 Å². The van der Waals surface area contributed by atoms with Gasteiger partial charge in [0.05, 0.1) is 36.3 Å². The molecule has 18 nitrogen and oxygen atoms in total. The minimum Gasteiger partial charge on any atom is -0.508 e. The molecule has 6 N–H and O–H groups in total. The molecular formula is C33H33N3O15. The number of carbonyl (C=O) groups excluding carboxylic acids is 3. The molecule has 0 radical (unpaired) electrons. The van der Waals surface area contributed by atoms with Gasteiger partial charge in [-0.1, -0.05) is 0 Å². The SMILES string of the molecule is O=C(OCC(O)Cn1c(=O)n(CC(O)COC(=O)c2ccc(O)cc2)c(=O)n(C[C@H](O)COC(=O)c2ccc(O)cc2)c1=O)c1ccc(O)cc1. The number of rotatable bonds is 15. The predicted molar refractivity (Wildman–Crippen MR) is 172 cm³/mol. The van der Waals surface area contributed by atoms with Crippen LogP contribution in [0.5, 0.6) is 17.2 Å². The van der Waals surface area contributed by atoms with Crippen molar-refractivity contribution in [1.29, 1.82) is 0 Å². The molecule has 0 bridgehead atoms. The predicted octanol–water partition coefficient (Wildman–Crippen LogP) is -1.06. The lowest BCUT2D eigenvalue weighted by Crippen LogP contribution is -2.57. The van der Waals surface area contributed by atoms with E-state index in [0.717, 1.165) is 0 Å². The van der Waals surface area contributed by atoms with Gasteiger partial charge in [0.25, 0.3) is 0 Å². The molecule has 0 saturated carbocycles. The molecule has 4 aromatic rings. The summed E-state index contributed by atoms with van der Waals surface area (Å²) in [6.07, 6.45) is -5.07. The maximum atomic E-state index is 13.4. The third-order valence-electron chi connectivity index (χ3n) is 7.09. The van der Waals surface area contributed by atoms with Crippen LogP contribution in [0.2, 0.25) is 0 Å². The number of aromatic hydroxyl groups is 3. The Balaban J connectivity index is 1.53. The Morgan fingerprint density at radius 3 is 0.882 bits per heavy atom. The van der Waals surface area contributed by atoms with E-state index in [1.165, 1.54) is 72.8 Å². The molecule has 0 aliphatic carbocycles. The smallest absolute Gasteiger partial charge is 0.338 e. The first kappa shape index (κ1) is 37.6. The largest absolute Gasteiger partial charge is 0.508 e. The van der Waals surface area contributed by atoms with Gasteiger partial charge < -0.3 is 44.8 Å². The van der Waals surface area contributed by atoms with E-state index in [2.05, 4.69) is 0 Å². The molecule has 0 spiro atoms. The number of aliphatic hydroxyl groups is 3. The molecule has 1 heterocycles. The summed E-state index contributed by atoms with van der Waals surface area (Å²) in [6, 6.07) is 14.9. The number of hydrogen-bond donors (Lipinski definition) is 6. The lowest BCUT2D eigenvalue weighted by atomic mass is 10.2. The average molecular weight is 712 g/mol. The number of esters is 3. The first-order valence-corrected chi connectivity index (χ1v) is 15.1. The molecule has 1 aromatic heterocycles. The van der Waals surface area contributed by atoms with E-state index in [9.17, 15) is 59.4 Å². The van der Waals surface area contributed by atoms with Crippen molar-refractivity contribution in [1.82, 2.24) is 13.7 Å². The molecule has 3 atom stereocenters. The number of aromatic nitrogens is 3. The van der Waals surface area contributed by atoms with Crippen molar-refractivity contribution in [2.45, 2.75) is 37.9 Å². The molecule has 270 valence electrons. The van der Waals surface area contributed by atoms with Crippen LogP contribution in [-0.4, -0.2) is 100 Å². The fourth-order valence-corrected chi connectivity index (χ4v) is 4.50. The molecule has 0 saturated heterocycles. The van der Waals surface area contributed by atoms with Crippen LogP contribution in [0.25, 0.3) is 0 Å². The van der Waals surface area contributed by atoms with Crippen LogP contribution in [0.3, 0.4) is 0 Å². The standard InChI is InChI=1S/C33H33N3O15/c37-22-7-1-19(2-8-22)28(43)49-16-25(40)13-34-31(46)35(14-26(41)17-50-29(44)20-3-9-23(38)10-4-20)33(48)36(32(34)47)15-27(42)18-51-30(45)21-5-11-24(39)12-6-21/h1-12,25-27,37-42H,13-18H2/t25-,26?,27?/m0/s1. The number of nitrogens with zero attached hydrogens (tertiary/aromatic N) is 3. The van der Waals surface area contributed by atoms with Gasteiger partial charge >= 0.3 is 35.0 Å². The van der Waals surface area contributed by atoms with E-state index in [0.29, 0.717) is 13.7 Å². The van der Waals surface area contributed by atoms with Crippen LogP contribution >= 0.6 is 0 Å². The maximum Gasteiger partial charge on any atom is 0.338 e. The van der Waals surface area contributed by atoms with Gasteiger partial charge in [-0.15, -0.1) is 0 Å². The quantitative estimate of drug-likeness (QED) is 0.0634. The van der Waals surface area contributed by atoms with Crippen molar-refractivity contribution in [3.8, 4) is 17.2 Å². The van der Waals surface area contributed by atoms with Gasteiger partial charge in [0.1, 0.15) is 55.4 Å². The summed E-state index contributed by atoms with van der Waals surface area (Å²) in [4.78, 5) is 77.1. The topological polar surface area (TPSA) is 266 Å². The summed E-state index contributed by atoms with van der Waals surface area (Å²) >= 11 is 0. The molecule has 18 heteroatoms. The maximum absolute atomic E-state index is 13.4. The summed E-state index contributed by atoms with van der Waals surface area (Å²) in [5.74, 6) is -3.05. The first-order chi connectivity index (χ1) is 24.2. The number of hydrogen-bond acceptors (Lipinski definition) is 15. The van der Waals surface area contributed by atoms with Crippen molar-refractivity contribution in [2.75, 3.05) is 19.8 Å². The summed E-state index contributed by atoms with van der Waals surface area (Å²) in [6.45, 7) is -4.68. The number of phenols is 3. The highest BCUT2D eigenvalue weighted by Gasteiger charge is 2.23. The highest BCUT2D eigenvalue weighted by molar-refractivity contribution is 5.90. The van der Waals surface area contributed by atoms with Gasteiger partial charge in [0.2, 0.25) is 0 Å². The number of carbonyl (C=O) groups is 3. The molecule has 0 aliphatic rings. The van der Waals surface area contributed by atoms with E-state index in [1.54, 1.807) is 0 Å². The van der Waals surface area contributed by atoms with Crippen LogP contribution in [-0.2, 0) is 33.8 Å². The van der Waals surface area contributed by atoms with Gasteiger partial charge in [-0.3, -0.25) is 0 Å². The molecule has 0 amide bonds. The molecular weight excluding hydrogens is 678 g/mol. The second-order valence-corrected chi connectivity index (χ2v) is 11.1. The van der Waals surface area contributed by atoms with Crippen LogP contribution in [0, 0.1) is 0 Å². The van der Waals surface area contributed by atoms with E-state index in [-0.39, 0.29) is 33.9 Å². The molecule has 51 heavy (non-hydrogen) atoms. The highest BCUT2D eigenvalue weighted by Crippen LogP contribution is 2.13. The van der Waals surface area contributed by atoms with Crippen molar-refractivity contribution >= 4 is 17.9 Å². The summed E-state index contributed by atoms with van der Waals surface area (Å²) in [7, 11) is 0. The van der Waals surface area contributed by atoms with Crippen molar-refractivity contribution in [3.63, 3.8) is 0 Å². The number of ether oxygens (including phenoxy) is 3. The first-order valence-electron chi connectivity index (χ1n) is 15.1. The Morgan fingerprint density at radius 2 is 0.667 bits per heavy atom. The van der Waals surface area contributed by atoms with Crippen LogP contribution < -0.4 is 17.1 Å². The van der Waals surface area contributed by atoms with Crippen LogP contribution in [0.1, 0.15) is 31.1 Å². The Labute approximate surface area is 286 Å². The van der Waals surface area contributed by atoms with Crippen molar-refractivity contribution in [3.05, 3.63) is 121 Å². The normalized spacial score (nSPS) is 12.8. The summed E-state index contributed by atoms with van der Waals surface area (Å²) in [5.41, 5.74) is -3.89. The van der Waals surface area contributed by atoms with Gasteiger partial charge in [-0.25, -0.2) is 42.5 Å². The van der Waals surface area contributed by atoms with Gasteiger partial charge in [0, 0.05) is 0 Å². The Bertz CT molecular complexity index is 1760. The summed E-state index contributed by atoms with van der Waals surface area (Å²) < 4.78 is 16.2. The molecule has 3 aromatic carbocycles. The Hall–Kier alpha value is -6.24. The van der Waals surface area contributed by atoms with E-state index < -0.39 is 92.7 Å². The zero-order valence-corrected chi connectivity index (χ0v) is 26.6. The fourth-order valence-electron chi connectivity index (χ4n) is 4.50. The lowest BCUT2D eigenvalue weighted by Gasteiger charge is -2.19. The van der Waals surface area contributed by atoms with E-state index in [4.69, 9.17) is 14.2 Å². The second kappa shape index (κ2) is 16.9. The number of phenolic OH excluding ortho intramolecular Hbond substituents is 3. The van der Waals surface area contributed by atoms with Gasteiger partial charge in [0.15, 0.2) is 0 Å². The third kappa shape index (κ3) is 10.1. The zero-order valence-electron chi connectivity index (χ0n) is 26.6. The van der Waals surface area contributed by atoms with E-state index >= 15 is 0 Å². The Kier molecular flexibility index (Phi) is 12.5. The minimum absolute atomic E-state index is 0.0215. The molecule has 4 rings (SSSR count). The molecule has 2 unspecified atom stereocenters. The van der Waals surface area contributed by atoms with Crippen molar-refractivity contribution in [2.24, 2.45) is 0 Å². The highest BCUT2D eigenvalue weighted by atomic mass is 16.6. The van der Waals surface area contributed by atoms with E-state index in [1.807, 2.05) is 0 Å². The third-order valence-corrected chi connectivity index (χ3v) is 7.09. The minimum atomic E-state index is -1.69. The molecule has 0 fully saturated rings. The van der Waals surface area contributed by atoms with Crippen molar-refractivity contribution < 1.29 is 59.2 Å². The average Bonchev–Trinajstić information content (AvgIpc) is 3.11. The lowest BCUT2D eigenvalue weighted by molar-refractivity contribution is 0.0168. The number of aliphatic hydroxyl groups excluding tert-OH is 3. The Morgan fingerprint density at radius 1 is 0.451 bits per heavy atom. The number of benzene rings is 3.